The Bertz CT molecular complexity index is 820. The Hall–Kier alpha value is -2.53. The van der Waals surface area contributed by atoms with Gasteiger partial charge in [0.1, 0.15) is 0 Å². The summed E-state index contributed by atoms with van der Waals surface area (Å²) in [5.41, 5.74) is 1.05. The average molecular weight is 278 g/mol. The van der Waals surface area contributed by atoms with Crippen molar-refractivity contribution in [2.24, 2.45) is 0 Å². The van der Waals surface area contributed by atoms with Crippen molar-refractivity contribution in [3.63, 3.8) is 0 Å². The summed E-state index contributed by atoms with van der Waals surface area (Å²) in [5.74, 6) is -0.0840. The van der Waals surface area contributed by atoms with Gasteiger partial charge in [0.15, 0.2) is 5.69 Å². The van der Waals surface area contributed by atoms with Crippen molar-refractivity contribution in [1.82, 2.24) is 20.3 Å². The maximum Gasteiger partial charge on any atom is 0.214 e. The molecule has 1 saturated heterocycles. The number of hydrogen-bond acceptors (Lipinski definition) is 4. The topological polar surface area (TPSA) is 59.8 Å². The monoisotopic (exact) mass is 278 g/mol. The number of carbonyl (C=O) groups excluding carboxylic acids is 1. The highest BCUT2D eigenvalue weighted by atomic mass is 16.1. The van der Waals surface area contributed by atoms with Gasteiger partial charge in [-0.25, -0.2) is 4.68 Å². The van der Waals surface area contributed by atoms with Crippen LogP contribution in [0.4, 0.5) is 0 Å². The Morgan fingerprint density at radius 3 is 2.71 bits per heavy atom. The molecule has 104 valence electrons. The van der Waals surface area contributed by atoms with E-state index in [1.807, 2.05) is 42.5 Å². The van der Waals surface area contributed by atoms with Gasteiger partial charge in [-0.3, -0.25) is 4.79 Å². The molecule has 1 N–H and O–H groups in total. The second-order valence-corrected chi connectivity index (χ2v) is 5.29. The van der Waals surface area contributed by atoms with Crippen LogP contribution in [0.2, 0.25) is 0 Å². The molecule has 0 atom stereocenters. The SMILES string of the molecule is O=C(c1ccc2ccccc2c1)c1cn(C2CNC2)nn1. The Balaban J connectivity index is 1.67. The van der Waals surface area contributed by atoms with E-state index in [1.165, 1.54) is 0 Å². The first-order chi connectivity index (χ1) is 10.3. The Labute approximate surface area is 121 Å². The fourth-order valence-electron chi connectivity index (χ4n) is 2.50. The smallest absolute Gasteiger partial charge is 0.214 e. The van der Waals surface area contributed by atoms with E-state index in [0.717, 1.165) is 23.9 Å². The van der Waals surface area contributed by atoms with Crippen molar-refractivity contribution < 1.29 is 4.79 Å². The predicted molar refractivity (Wildman–Crippen MR) is 79.3 cm³/mol. The minimum atomic E-state index is -0.0840. The van der Waals surface area contributed by atoms with Crippen molar-refractivity contribution in [3.8, 4) is 0 Å². The molecule has 0 saturated carbocycles. The number of carbonyl (C=O) groups is 1. The van der Waals surface area contributed by atoms with Crippen molar-refractivity contribution in [1.29, 1.82) is 0 Å². The molecular formula is C16H14N4O. The van der Waals surface area contributed by atoms with Gasteiger partial charge in [0.25, 0.3) is 0 Å². The van der Waals surface area contributed by atoms with E-state index in [9.17, 15) is 4.79 Å². The number of rotatable bonds is 3. The van der Waals surface area contributed by atoms with Crippen LogP contribution in [-0.2, 0) is 0 Å². The third-order valence-electron chi connectivity index (χ3n) is 3.89. The van der Waals surface area contributed by atoms with E-state index in [4.69, 9.17) is 0 Å². The number of nitrogens with zero attached hydrogens (tertiary/aromatic N) is 3. The zero-order chi connectivity index (χ0) is 14.2. The summed E-state index contributed by atoms with van der Waals surface area (Å²) in [6.07, 6.45) is 1.74. The average Bonchev–Trinajstić information content (AvgIpc) is 2.93. The molecule has 4 rings (SSSR count). The first-order valence-electron chi connectivity index (χ1n) is 6.97. The number of benzene rings is 2. The number of ketones is 1. The summed E-state index contributed by atoms with van der Waals surface area (Å²) in [6.45, 7) is 1.76. The molecule has 0 unspecified atom stereocenters. The highest BCUT2D eigenvalue weighted by Gasteiger charge is 2.22. The van der Waals surface area contributed by atoms with Gasteiger partial charge in [-0.15, -0.1) is 5.10 Å². The van der Waals surface area contributed by atoms with Gasteiger partial charge in [0.2, 0.25) is 5.78 Å². The minimum Gasteiger partial charge on any atom is -0.312 e. The quantitative estimate of drug-likeness (QED) is 0.742. The zero-order valence-corrected chi connectivity index (χ0v) is 11.4. The van der Waals surface area contributed by atoms with Crippen LogP contribution in [0, 0.1) is 0 Å². The highest BCUT2D eigenvalue weighted by molar-refractivity contribution is 6.09. The number of aromatic nitrogens is 3. The first-order valence-corrected chi connectivity index (χ1v) is 6.97. The third-order valence-corrected chi connectivity index (χ3v) is 3.89. The van der Waals surface area contributed by atoms with Gasteiger partial charge in [0, 0.05) is 18.7 Å². The van der Waals surface area contributed by atoms with E-state index in [1.54, 1.807) is 10.9 Å². The summed E-state index contributed by atoms with van der Waals surface area (Å²) in [6, 6.07) is 14.0. The predicted octanol–water partition coefficient (Wildman–Crippen LogP) is 1.81. The fraction of sp³-hybridized carbons (Fsp3) is 0.188. The largest absolute Gasteiger partial charge is 0.312 e. The summed E-state index contributed by atoms with van der Waals surface area (Å²) in [5, 5.41) is 13.4. The number of hydrogen-bond donors (Lipinski definition) is 1. The van der Waals surface area contributed by atoms with Crippen LogP contribution in [0.5, 0.6) is 0 Å². The lowest BCUT2D eigenvalue weighted by Crippen LogP contribution is -2.43. The summed E-state index contributed by atoms with van der Waals surface area (Å²) in [4.78, 5) is 12.5. The first kappa shape index (κ1) is 12.2. The normalized spacial score (nSPS) is 15.0. The molecule has 0 aliphatic carbocycles. The van der Waals surface area contributed by atoms with E-state index in [-0.39, 0.29) is 5.78 Å². The van der Waals surface area contributed by atoms with Gasteiger partial charge < -0.3 is 5.32 Å². The molecule has 1 aliphatic rings. The van der Waals surface area contributed by atoms with Crippen LogP contribution in [-0.4, -0.2) is 33.9 Å². The molecular weight excluding hydrogens is 264 g/mol. The molecule has 0 amide bonds. The van der Waals surface area contributed by atoms with Gasteiger partial charge in [-0.1, -0.05) is 41.6 Å². The number of nitrogens with one attached hydrogen (secondary N) is 1. The highest BCUT2D eigenvalue weighted by Crippen LogP contribution is 2.18. The molecule has 0 spiro atoms. The van der Waals surface area contributed by atoms with Crippen LogP contribution < -0.4 is 5.32 Å². The molecule has 5 nitrogen and oxygen atoms in total. The van der Waals surface area contributed by atoms with Crippen LogP contribution >= 0.6 is 0 Å². The molecule has 3 aromatic rings. The van der Waals surface area contributed by atoms with Crippen molar-refractivity contribution in [2.75, 3.05) is 13.1 Å². The van der Waals surface area contributed by atoms with Crippen LogP contribution in [0.3, 0.4) is 0 Å². The molecule has 1 fully saturated rings. The van der Waals surface area contributed by atoms with Crippen LogP contribution in [0.1, 0.15) is 22.1 Å². The third kappa shape index (κ3) is 2.11. The lowest BCUT2D eigenvalue weighted by atomic mass is 10.0. The lowest BCUT2D eigenvalue weighted by molar-refractivity contribution is 0.103. The Morgan fingerprint density at radius 2 is 1.95 bits per heavy atom. The molecule has 21 heavy (non-hydrogen) atoms. The van der Waals surface area contributed by atoms with Crippen molar-refractivity contribution in [3.05, 3.63) is 59.9 Å². The van der Waals surface area contributed by atoms with Crippen molar-refractivity contribution >= 4 is 16.6 Å². The second-order valence-electron chi connectivity index (χ2n) is 5.29. The van der Waals surface area contributed by atoms with Crippen LogP contribution in [0.15, 0.2) is 48.7 Å². The Morgan fingerprint density at radius 1 is 1.14 bits per heavy atom. The fourth-order valence-corrected chi connectivity index (χ4v) is 2.50. The minimum absolute atomic E-state index is 0.0840. The van der Waals surface area contributed by atoms with E-state index in [0.29, 0.717) is 17.3 Å². The molecule has 5 heteroatoms. The summed E-state index contributed by atoms with van der Waals surface area (Å²) >= 11 is 0. The number of fused-ring (bicyclic) bond motifs is 1. The summed E-state index contributed by atoms with van der Waals surface area (Å²) < 4.78 is 1.77. The molecule has 0 bridgehead atoms. The zero-order valence-electron chi connectivity index (χ0n) is 11.4. The molecule has 1 aromatic heterocycles. The molecule has 2 heterocycles. The maximum atomic E-state index is 12.5. The van der Waals surface area contributed by atoms with E-state index < -0.39 is 0 Å². The van der Waals surface area contributed by atoms with Gasteiger partial charge in [-0.05, 0) is 16.8 Å². The lowest BCUT2D eigenvalue weighted by Gasteiger charge is -2.26. The van der Waals surface area contributed by atoms with Gasteiger partial charge in [0.05, 0.1) is 12.2 Å². The standard InChI is InChI=1S/C16H14N4O/c21-16(15-10-20(19-18-15)14-8-17-9-14)13-6-5-11-3-1-2-4-12(11)7-13/h1-7,10,14,17H,8-9H2. The van der Waals surface area contributed by atoms with E-state index >= 15 is 0 Å². The van der Waals surface area contributed by atoms with E-state index in [2.05, 4.69) is 15.6 Å². The molecule has 0 radical (unpaired) electrons. The van der Waals surface area contributed by atoms with Gasteiger partial charge >= 0.3 is 0 Å². The Kier molecular flexibility index (Phi) is 2.79. The van der Waals surface area contributed by atoms with Crippen molar-refractivity contribution in [2.45, 2.75) is 6.04 Å². The van der Waals surface area contributed by atoms with Gasteiger partial charge in [-0.2, -0.15) is 0 Å². The van der Waals surface area contributed by atoms with Crippen LogP contribution in [0.25, 0.3) is 10.8 Å². The molecule has 2 aromatic carbocycles. The maximum absolute atomic E-state index is 12.5. The second kappa shape index (κ2) is 4.79. The molecule has 1 aliphatic heterocycles. The summed E-state index contributed by atoms with van der Waals surface area (Å²) in [7, 11) is 0.